The standard InChI is InChI=1S/C16H15N3S/c1-11-8-9-12(2)14(10-11)15-17-18-16(20)19(15)13-6-4-3-5-7-13/h3-10H,1-2H3,(H,18,20). The van der Waals surface area contributed by atoms with Gasteiger partial charge in [0.05, 0.1) is 0 Å². The lowest BCUT2D eigenvalue weighted by Gasteiger charge is -2.09. The first-order valence-corrected chi connectivity index (χ1v) is 6.88. The van der Waals surface area contributed by atoms with E-state index in [1.807, 2.05) is 34.9 Å². The van der Waals surface area contributed by atoms with Crippen LogP contribution in [0.3, 0.4) is 0 Å². The van der Waals surface area contributed by atoms with Gasteiger partial charge in [0, 0.05) is 11.3 Å². The van der Waals surface area contributed by atoms with Crippen molar-refractivity contribution in [2.24, 2.45) is 0 Å². The molecule has 0 radical (unpaired) electrons. The summed E-state index contributed by atoms with van der Waals surface area (Å²) < 4.78 is 2.57. The van der Waals surface area contributed by atoms with E-state index in [4.69, 9.17) is 12.2 Å². The molecule has 0 saturated carbocycles. The second-order valence-electron chi connectivity index (χ2n) is 4.84. The predicted octanol–water partition coefficient (Wildman–Crippen LogP) is 4.21. The van der Waals surface area contributed by atoms with Gasteiger partial charge < -0.3 is 0 Å². The van der Waals surface area contributed by atoms with E-state index in [1.54, 1.807) is 0 Å². The Morgan fingerprint density at radius 3 is 2.55 bits per heavy atom. The molecule has 1 heterocycles. The van der Waals surface area contributed by atoms with Crippen LogP contribution in [0.1, 0.15) is 11.1 Å². The molecule has 0 fully saturated rings. The minimum absolute atomic E-state index is 0.604. The third-order valence-corrected chi connectivity index (χ3v) is 3.59. The molecule has 0 saturated heterocycles. The summed E-state index contributed by atoms with van der Waals surface area (Å²) in [4.78, 5) is 0. The van der Waals surface area contributed by atoms with E-state index < -0.39 is 0 Å². The summed E-state index contributed by atoms with van der Waals surface area (Å²) in [5, 5.41) is 7.31. The summed E-state index contributed by atoms with van der Waals surface area (Å²) in [6, 6.07) is 16.4. The van der Waals surface area contributed by atoms with E-state index >= 15 is 0 Å². The highest BCUT2D eigenvalue weighted by molar-refractivity contribution is 7.71. The van der Waals surface area contributed by atoms with Gasteiger partial charge in [-0.1, -0.05) is 35.9 Å². The molecule has 0 unspecified atom stereocenters. The van der Waals surface area contributed by atoms with Gasteiger partial charge in [0.25, 0.3) is 0 Å². The summed E-state index contributed by atoms with van der Waals surface area (Å²) in [5.74, 6) is 0.849. The predicted molar refractivity (Wildman–Crippen MR) is 83.7 cm³/mol. The van der Waals surface area contributed by atoms with Gasteiger partial charge in [-0.2, -0.15) is 5.10 Å². The van der Waals surface area contributed by atoms with Gasteiger partial charge in [-0.15, -0.1) is 0 Å². The Morgan fingerprint density at radius 2 is 1.80 bits per heavy atom. The molecule has 3 rings (SSSR count). The summed E-state index contributed by atoms with van der Waals surface area (Å²) in [5.41, 5.74) is 4.50. The van der Waals surface area contributed by atoms with Crippen LogP contribution in [0.25, 0.3) is 17.1 Å². The highest BCUT2D eigenvalue weighted by Crippen LogP contribution is 2.25. The van der Waals surface area contributed by atoms with Gasteiger partial charge in [0.2, 0.25) is 0 Å². The zero-order valence-corrected chi connectivity index (χ0v) is 12.2. The van der Waals surface area contributed by atoms with Crippen molar-refractivity contribution in [2.75, 3.05) is 0 Å². The zero-order chi connectivity index (χ0) is 14.1. The average molecular weight is 281 g/mol. The molecule has 0 aliphatic carbocycles. The minimum Gasteiger partial charge on any atom is -0.268 e. The fraction of sp³-hybridized carbons (Fsp3) is 0.125. The first-order chi connectivity index (χ1) is 9.66. The van der Waals surface area contributed by atoms with Crippen LogP contribution in [0.4, 0.5) is 0 Å². The second-order valence-corrected chi connectivity index (χ2v) is 5.23. The highest BCUT2D eigenvalue weighted by atomic mass is 32.1. The zero-order valence-electron chi connectivity index (χ0n) is 11.4. The Labute approximate surface area is 122 Å². The van der Waals surface area contributed by atoms with Crippen molar-refractivity contribution in [3.8, 4) is 17.1 Å². The van der Waals surface area contributed by atoms with Crippen molar-refractivity contribution >= 4 is 12.2 Å². The number of hydrogen-bond acceptors (Lipinski definition) is 2. The maximum Gasteiger partial charge on any atom is 0.200 e. The first kappa shape index (κ1) is 12.8. The van der Waals surface area contributed by atoms with Gasteiger partial charge in [-0.3, -0.25) is 9.67 Å². The number of benzene rings is 2. The molecule has 1 N–H and O–H groups in total. The van der Waals surface area contributed by atoms with Crippen molar-refractivity contribution in [1.82, 2.24) is 14.8 Å². The van der Waals surface area contributed by atoms with Crippen LogP contribution in [0.2, 0.25) is 0 Å². The molecule has 0 bridgehead atoms. The molecular formula is C16H15N3S. The largest absolute Gasteiger partial charge is 0.268 e. The number of aromatic nitrogens is 3. The molecule has 0 atom stereocenters. The highest BCUT2D eigenvalue weighted by Gasteiger charge is 2.12. The van der Waals surface area contributed by atoms with Crippen molar-refractivity contribution in [1.29, 1.82) is 0 Å². The molecule has 4 heteroatoms. The van der Waals surface area contributed by atoms with Crippen molar-refractivity contribution in [3.63, 3.8) is 0 Å². The quantitative estimate of drug-likeness (QED) is 0.714. The van der Waals surface area contributed by atoms with Crippen LogP contribution in [-0.2, 0) is 0 Å². The molecule has 100 valence electrons. The lowest BCUT2D eigenvalue weighted by Crippen LogP contribution is -1.99. The Hall–Kier alpha value is -2.20. The van der Waals surface area contributed by atoms with Crippen molar-refractivity contribution in [2.45, 2.75) is 13.8 Å². The van der Waals surface area contributed by atoms with Gasteiger partial charge in [-0.25, -0.2) is 0 Å². The molecule has 3 nitrogen and oxygen atoms in total. The number of hydrogen-bond donors (Lipinski definition) is 1. The molecular weight excluding hydrogens is 266 g/mol. The fourth-order valence-corrected chi connectivity index (χ4v) is 2.51. The maximum absolute atomic E-state index is 5.38. The monoisotopic (exact) mass is 281 g/mol. The van der Waals surface area contributed by atoms with Crippen LogP contribution in [0.15, 0.2) is 48.5 Å². The van der Waals surface area contributed by atoms with Gasteiger partial charge >= 0.3 is 0 Å². The smallest absolute Gasteiger partial charge is 0.200 e. The first-order valence-electron chi connectivity index (χ1n) is 6.47. The normalized spacial score (nSPS) is 10.7. The molecule has 20 heavy (non-hydrogen) atoms. The number of nitrogens with zero attached hydrogens (tertiary/aromatic N) is 2. The van der Waals surface area contributed by atoms with Crippen LogP contribution < -0.4 is 0 Å². The number of rotatable bonds is 2. The van der Waals surface area contributed by atoms with Crippen molar-refractivity contribution in [3.05, 3.63) is 64.4 Å². The topological polar surface area (TPSA) is 33.6 Å². The Kier molecular flexibility index (Phi) is 3.24. The number of nitrogens with one attached hydrogen (secondary N) is 1. The Bertz CT molecular complexity index is 800. The third kappa shape index (κ3) is 2.18. The molecule has 0 amide bonds. The Balaban J connectivity index is 2.27. The summed E-state index contributed by atoms with van der Waals surface area (Å²) in [6.07, 6.45) is 0. The number of H-pyrrole nitrogens is 1. The van der Waals surface area contributed by atoms with Crippen LogP contribution in [0, 0.1) is 18.6 Å². The fourth-order valence-electron chi connectivity index (χ4n) is 2.27. The lowest BCUT2D eigenvalue weighted by molar-refractivity contribution is 1.03. The van der Waals surface area contributed by atoms with Gasteiger partial charge in [0.1, 0.15) is 0 Å². The summed E-state index contributed by atoms with van der Waals surface area (Å²) in [6.45, 7) is 4.17. The molecule has 0 aliphatic rings. The Morgan fingerprint density at radius 1 is 1.05 bits per heavy atom. The number of aryl methyl sites for hydroxylation is 2. The molecule has 3 aromatic rings. The van der Waals surface area contributed by atoms with Crippen LogP contribution in [-0.4, -0.2) is 14.8 Å². The maximum atomic E-state index is 5.38. The van der Waals surface area contributed by atoms with Gasteiger partial charge in [-0.05, 0) is 49.8 Å². The van der Waals surface area contributed by atoms with E-state index in [0.717, 1.165) is 17.1 Å². The van der Waals surface area contributed by atoms with E-state index in [2.05, 4.69) is 42.2 Å². The third-order valence-electron chi connectivity index (χ3n) is 3.32. The van der Waals surface area contributed by atoms with Crippen LogP contribution >= 0.6 is 12.2 Å². The van der Waals surface area contributed by atoms with Crippen LogP contribution in [0.5, 0.6) is 0 Å². The minimum atomic E-state index is 0.604. The summed E-state index contributed by atoms with van der Waals surface area (Å²) >= 11 is 5.38. The second kappa shape index (κ2) is 5.06. The molecule has 0 aliphatic heterocycles. The average Bonchev–Trinajstić information content (AvgIpc) is 2.84. The van der Waals surface area contributed by atoms with E-state index in [0.29, 0.717) is 4.77 Å². The molecule has 1 aromatic heterocycles. The van der Waals surface area contributed by atoms with Gasteiger partial charge in [0.15, 0.2) is 10.6 Å². The molecule has 2 aromatic carbocycles. The van der Waals surface area contributed by atoms with E-state index in [1.165, 1.54) is 11.1 Å². The lowest BCUT2D eigenvalue weighted by atomic mass is 10.1. The van der Waals surface area contributed by atoms with E-state index in [-0.39, 0.29) is 0 Å². The SMILES string of the molecule is Cc1ccc(C)c(-c2n[nH]c(=S)n2-c2ccccc2)c1. The van der Waals surface area contributed by atoms with Crippen molar-refractivity contribution < 1.29 is 0 Å². The number of para-hydroxylation sites is 1. The summed E-state index contributed by atoms with van der Waals surface area (Å²) in [7, 11) is 0. The number of aromatic amines is 1. The van der Waals surface area contributed by atoms with E-state index in [9.17, 15) is 0 Å². The molecule has 0 spiro atoms.